The van der Waals surface area contributed by atoms with Crippen LogP contribution >= 0.6 is 22.6 Å². The molecule has 2 nitrogen and oxygen atoms in total. The highest BCUT2D eigenvalue weighted by Gasteiger charge is 2.13. The van der Waals surface area contributed by atoms with Crippen LogP contribution in [-0.2, 0) is 0 Å². The molecule has 0 bridgehead atoms. The van der Waals surface area contributed by atoms with Crippen molar-refractivity contribution < 1.29 is 0 Å². The fourth-order valence-corrected chi connectivity index (χ4v) is 2.56. The Bertz CT molecular complexity index is 670. The minimum atomic E-state index is -0.0850. The molecular formula is C15H13IN2. The third-order valence-corrected chi connectivity index (χ3v) is 3.90. The van der Waals surface area contributed by atoms with Gasteiger partial charge in [0.25, 0.3) is 0 Å². The summed E-state index contributed by atoms with van der Waals surface area (Å²) in [6, 6.07) is 16.5. The van der Waals surface area contributed by atoms with Crippen molar-refractivity contribution in [1.29, 1.82) is 0 Å². The highest BCUT2D eigenvalue weighted by Crippen LogP contribution is 2.27. The Labute approximate surface area is 119 Å². The molecule has 18 heavy (non-hydrogen) atoms. The van der Waals surface area contributed by atoms with Crippen molar-refractivity contribution in [2.75, 3.05) is 0 Å². The zero-order valence-electron chi connectivity index (χ0n) is 9.73. The Morgan fingerprint density at radius 2 is 1.72 bits per heavy atom. The summed E-state index contributed by atoms with van der Waals surface area (Å²) in [6.45, 7) is 0. The molecule has 1 heterocycles. The van der Waals surface area contributed by atoms with Crippen molar-refractivity contribution >= 4 is 33.5 Å². The first-order valence-corrected chi connectivity index (χ1v) is 6.90. The number of aromatic amines is 1. The first kappa shape index (κ1) is 11.7. The number of H-pyrrole nitrogens is 1. The second-order valence-electron chi connectivity index (χ2n) is 4.32. The molecular weight excluding hydrogens is 335 g/mol. The SMILES string of the molecule is NC(c1ccc(I)cc1)c1c[nH]c2ccccc12. The van der Waals surface area contributed by atoms with E-state index in [0.717, 1.165) is 16.6 Å². The standard InChI is InChI=1S/C15H13IN2/c16-11-7-5-10(6-8-11)15(17)13-9-18-14-4-2-1-3-12(13)14/h1-9,15,18H,17H2. The Balaban J connectivity index is 2.06. The van der Waals surface area contributed by atoms with E-state index in [9.17, 15) is 0 Å². The molecule has 90 valence electrons. The summed E-state index contributed by atoms with van der Waals surface area (Å²) in [5, 5.41) is 1.20. The molecule has 0 radical (unpaired) electrons. The molecule has 0 aliphatic heterocycles. The number of benzene rings is 2. The van der Waals surface area contributed by atoms with E-state index in [-0.39, 0.29) is 6.04 Å². The van der Waals surface area contributed by atoms with Crippen LogP contribution in [0.5, 0.6) is 0 Å². The number of nitrogens with two attached hydrogens (primary N) is 1. The number of fused-ring (bicyclic) bond motifs is 1. The van der Waals surface area contributed by atoms with E-state index in [2.05, 4.69) is 64.0 Å². The number of rotatable bonds is 2. The molecule has 0 fully saturated rings. The maximum atomic E-state index is 6.35. The van der Waals surface area contributed by atoms with Crippen LogP contribution in [0.15, 0.2) is 54.7 Å². The number of halogens is 1. The van der Waals surface area contributed by atoms with Crippen LogP contribution in [0.1, 0.15) is 17.2 Å². The zero-order valence-corrected chi connectivity index (χ0v) is 11.9. The Morgan fingerprint density at radius 3 is 2.50 bits per heavy atom. The summed E-state index contributed by atoms with van der Waals surface area (Å²) in [5.74, 6) is 0. The van der Waals surface area contributed by atoms with Crippen LogP contribution in [0.4, 0.5) is 0 Å². The molecule has 3 N–H and O–H groups in total. The molecule has 0 amide bonds. The van der Waals surface area contributed by atoms with E-state index in [1.165, 1.54) is 8.96 Å². The van der Waals surface area contributed by atoms with Crippen LogP contribution < -0.4 is 5.73 Å². The van der Waals surface area contributed by atoms with Gasteiger partial charge in [-0.1, -0.05) is 30.3 Å². The molecule has 1 atom stereocenters. The molecule has 0 saturated heterocycles. The molecule has 0 aliphatic carbocycles. The van der Waals surface area contributed by atoms with Crippen LogP contribution in [-0.4, -0.2) is 4.98 Å². The summed E-state index contributed by atoms with van der Waals surface area (Å²) < 4.78 is 1.22. The molecule has 0 saturated carbocycles. The zero-order chi connectivity index (χ0) is 12.5. The van der Waals surface area contributed by atoms with E-state index in [1.807, 2.05) is 18.3 Å². The number of hydrogen-bond acceptors (Lipinski definition) is 1. The van der Waals surface area contributed by atoms with Gasteiger partial charge in [-0.15, -0.1) is 0 Å². The monoisotopic (exact) mass is 348 g/mol. The van der Waals surface area contributed by atoms with Gasteiger partial charge in [0, 0.05) is 20.7 Å². The van der Waals surface area contributed by atoms with E-state index >= 15 is 0 Å². The third-order valence-electron chi connectivity index (χ3n) is 3.19. The third kappa shape index (κ3) is 2.04. The van der Waals surface area contributed by atoms with Gasteiger partial charge in [0.15, 0.2) is 0 Å². The number of para-hydroxylation sites is 1. The van der Waals surface area contributed by atoms with Gasteiger partial charge in [-0.25, -0.2) is 0 Å². The average Bonchev–Trinajstić information content (AvgIpc) is 2.82. The van der Waals surface area contributed by atoms with Crippen LogP contribution in [0, 0.1) is 3.57 Å². The first-order valence-electron chi connectivity index (χ1n) is 5.83. The van der Waals surface area contributed by atoms with Crippen molar-refractivity contribution in [3.8, 4) is 0 Å². The Kier molecular flexibility index (Phi) is 3.09. The van der Waals surface area contributed by atoms with Gasteiger partial charge >= 0.3 is 0 Å². The van der Waals surface area contributed by atoms with Crippen molar-refractivity contribution in [1.82, 2.24) is 4.98 Å². The van der Waals surface area contributed by atoms with Gasteiger partial charge in [-0.3, -0.25) is 0 Å². The fourth-order valence-electron chi connectivity index (χ4n) is 2.20. The van der Waals surface area contributed by atoms with E-state index in [1.54, 1.807) is 0 Å². The lowest BCUT2D eigenvalue weighted by Gasteiger charge is -2.11. The van der Waals surface area contributed by atoms with Crippen molar-refractivity contribution in [2.45, 2.75) is 6.04 Å². The normalized spacial score (nSPS) is 12.8. The fraction of sp³-hybridized carbons (Fsp3) is 0.0667. The van der Waals surface area contributed by atoms with Crippen molar-refractivity contribution in [3.63, 3.8) is 0 Å². The van der Waals surface area contributed by atoms with Crippen molar-refractivity contribution in [3.05, 3.63) is 69.4 Å². The minimum Gasteiger partial charge on any atom is -0.361 e. The van der Waals surface area contributed by atoms with E-state index < -0.39 is 0 Å². The summed E-state index contributed by atoms with van der Waals surface area (Å²) in [6.07, 6.45) is 2.01. The van der Waals surface area contributed by atoms with Gasteiger partial charge < -0.3 is 10.7 Å². The molecule has 1 unspecified atom stereocenters. The summed E-state index contributed by atoms with van der Waals surface area (Å²) >= 11 is 2.30. The van der Waals surface area contributed by atoms with Crippen LogP contribution in [0.2, 0.25) is 0 Å². The predicted octanol–water partition coefficient (Wildman–Crippen LogP) is 3.82. The Hall–Kier alpha value is -1.33. The summed E-state index contributed by atoms with van der Waals surface area (Å²) in [4.78, 5) is 3.27. The molecule has 1 aromatic heterocycles. The maximum absolute atomic E-state index is 6.35. The van der Waals surface area contributed by atoms with Gasteiger partial charge in [0.05, 0.1) is 6.04 Å². The lowest BCUT2D eigenvalue weighted by Crippen LogP contribution is -2.11. The van der Waals surface area contributed by atoms with Gasteiger partial charge in [0.1, 0.15) is 0 Å². The van der Waals surface area contributed by atoms with Crippen LogP contribution in [0.25, 0.3) is 10.9 Å². The first-order chi connectivity index (χ1) is 8.75. The largest absolute Gasteiger partial charge is 0.361 e. The molecule has 3 aromatic rings. The number of nitrogens with one attached hydrogen (secondary N) is 1. The predicted molar refractivity (Wildman–Crippen MR) is 83.5 cm³/mol. The van der Waals surface area contributed by atoms with E-state index in [0.29, 0.717) is 0 Å². The molecule has 0 spiro atoms. The highest BCUT2D eigenvalue weighted by atomic mass is 127. The molecule has 0 aliphatic rings. The van der Waals surface area contributed by atoms with Crippen LogP contribution in [0.3, 0.4) is 0 Å². The quantitative estimate of drug-likeness (QED) is 0.680. The molecule has 3 rings (SSSR count). The average molecular weight is 348 g/mol. The van der Waals surface area contributed by atoms with Gasteiger partial charge in [-0.05, 0) is 51.9 Å². The van der Waals surface area contributed by atoms with Gasteiger partial charge in [-0.2, -0.15) is 0 Å². The summed E-state index contributed by atoms with van der Waals surface area (Å²) in [7, 11) is 0. The molecule has 3 heteroatoms. The smallest absolute Gasteiger partial charge is 0.0572 e. The van der Waals surface area contributed by atoms with Crippen molar-refractivity contribution in [2.24, 2.45) is 5.73 Å². The topological polar surface area (TPSA) is 41.8 Å². The second kappa shape index (κ2) is 4.74. The van der Waals surface area contributed by atoms with Gasteiger partial charge in [0.2, 0.25) is 0 Å². The number of hydrogen-bond donors (Lipinski definition) is 2. The molecule has 2 aromatic carbocycles. The summed E-state index contributed by atoms with van der Waals surface area (Å²) in [5.41, 5.74) is 9.77. The van der Waals surface area contributed by atoms with E-state index in [4.69, 9.17) is 5.73 Å². The minimum absolute atomic E-state index is 0.0850. The second-order valence-corrected chi connectivity index (χ2v) is 5.56. The Morgan fingerprint density at radius 1 is 1.00 bits per heavy atom. The lowest BCUT2D eigenvalue weighted by molar-refractivity contribution is 0.879. The highest BCUT2D eigenvalue weighted by molar-refractivity contribution is 14.1. The lowest BCUT2D eigenvalue weighted by atomic mass is 9.99. The number of aromatic nitrogens is 1. The maximum Gasteiger partial charge on any atom is 0.0572 e.